The molecule has 1 aromatic carbocycles. The lowest BCUT2D eigenvalue weighted by molar-refractivity contribution is 0.0818. The molecule has 5 fully saturated rings. The zero-order valence-electron chi connectivity index (χ0n) is 27.2. The first-order valence-corrected chi connectivity index (χ1v) is 18.4. The van der Waals surface area contributed by atoms with E-state index in [-0.39, 0.29) is 0 Å². The molecule has 40 heavy (non-hydrogen) atoms. The summed E-state index contributed by atoms with van der Waals surface area (Å²) >= 11 is 5.56. The van der Waals surface area contributed by atoms with Crippen molar-refractivity contribution in [3.05, 3.63) is 28.8 Å². The predicted molar refractivity (Wildman–Crippen MR) is 175 cm³/mol. The number of benzene rings is 1. The van der Waals surface area contributed by atoms with Crippen molar-refractivity contribution in [3.8, 4) is 0 Å². The summed E-state index contributed by atoms with van der Waals surface area (Å²) in [6, 6.07) is 5.55. The van der Waals surface area contributed by atoms with Crippen LogP contribution in [0.15, 0.2) is 17.0 Å². The summed E-state index contributed by atoms with van der Waals surface area (Å²) in [5, 5.41) is 0. The SMILES string of the molecule is CC(C)CC1CC(C)CC(c2cc(C3C(C)CC4CC(C)CC3C4)cc(C3C(C)CC4CC(C)CC3C4)c2S)C1. The molecule has 5 aliphatic carbocycles. The summed E-state index contributed by atoms with van der Waals surface area (Å²) in [5.74, 6) is 11.9. The molecule has 0 nitrogen and oxygen atoms in total. The quantitative estimate of drug-likeness (QED) is 0.339. The van der Waals surface area contributed by atoms with Gasteiger partial charge in [0.15, 0.2) is 0 Å². The molecule has 6 rings (SSSR count). The van der Waals surface area contributed by atoms with Crippen LogP contribution in [0.2, 0.25) is 0 Å². The van der Waals surface area contributed by atoms with Crippen molar-refractivity contribution in [2.24, 2.45) is 65.1 Å². The van der Waals surface area contributed by atoms with E-state index < -0.39 is 0 Å². The van der Waals surface area contributed by atoms with Crippen LogP contribution in [-0.4, -0.2) is 0 Å². The van der Waals surface area contributed by atoms with Crippen molar-refractivity contribution >= 4 is 12.6 Å². The van der Waals surface area contributed by atoms with Gasteiger partial charge in [-0.15, -0.1) is 12.6 Å². The zero-order valence-corrected chi connectivity index (χ0v) is 28.1. The molecule has 0 N–H and O–H groups in total. The van der Waals surface area contributed by atoms with Crippen LogP contribution in [-0.2, 0) is 0 Å². The second-order valence-corrected chi connectivity index (χ2v) is 17.9. The van der Waals surface area contributed by atoms with Gasteiger partial charge in [0.1, 0.15) is 0 Å². The maximum absolute atomic E-state index is 5.56. The van der Waals surface area contributed by atoms with Crippen molar-refractivity contribution in [2.75, 3.05) is 0 Å². The highest BCUT2D eigenvalue weighted by Gasteiger charge is 2.44. The van der Waals surface area contributed by atoms with Crippen LogP contribution in [0.5, 0.6) is 0 Å². The molecule has 0 radical (unpaired) electrons. The predicted octanol–water partition coefficient (Wildman–Crippen LogP) is 11.9. The monoisotopic (exact) mass is 562 g/mol. The minimum atomic E-state index is 0.701. The number of fused-ring (bicyclic) bond motifs is 4. The molecule has 224 valence electrons. The molecule has 5 aliphatic rings. The Morgan fingerprint density at radius 3 is 1.80 bits per heavy atom. The highest BCUT2D eigenvalue weighted by atomic mass is 32.1. The zero-order chi connectivity index (χ0) is 28.3. The van der Waals surface area contributed by atoms with E-state index in [0.717, 1.165) is 76.9 Å². The molecule has 13 unspecified atom stereocenters. The molecule has 0 aliphatic heterocycles. The van der Waals surface area contributed by atoms with Crippen LogP contribution in [0.4, 0.5) is 0 Å². The summed E-state index contributed by atoms with van der Waals surface area (Å²) < 4.78 is 0. The second kappa shape index (κ2) is 11.9. The Morgan fingerprint density at radius 1 is 0.625 bits per heavy atom. The fraction of sp³-hybridized carbons (Fsp3) is 0.846. The number of hydrogen-bond acceptors (Lipinski definition) is 1. The Balaban J connectivity index is 1.42. The van der Waals surface area contributed by atoms with Crippen LogP contribution >= 0.6 is 12.6 Å². The van der Waals surface area contributed by atoms with Gasteiger partial charge >= 0.3 is 0 Å². The smallest absolute Gasteiger partial charge is 0.0110 e. The average molecular weight is 563 g/mol. The molecule has 13 atom stereocenters. The van der Waals surface area contributed by atoms with Crippen LogP contribution < -0.4 is 0 Å². The van der Waals surface area contributed by atoms with Gasteiger partial charge in [-0.2, -0.15) is 0 Å². The summed E-state index contributed by atoms with van der Waals surface area (Å²) in [7, 11) is 0. The highest BCUT2D eigenvalue weighted by molar-refractivity contribution is 7.80. The molecule has 4 bridgehead atoms. The molecule has 1 aromatic rings. The highest BCUT2D eigenvalue weighted by Crippen LogP contribution is 2.57. The first-order valence-electron chi connectivity index (χ1n) is 17.9. The Hall–Kier alpha value is -0.430. The largest absolute Gasteiger partial charge is 0.143 e. The van der Waals surface area contributed by atoms with E-state index >= 15 is 0 Å². The molecule has 0 spiro atoms. The number of thiol groups is 1. The van der Waals surface area contributed by atoms with E-state index in [1.165, 1.54) is 81.9 Å². The third-order valence-corrected chi connectivity index (χ3v) is 13.5. The third kappa shape index (κ3) is 5.99. The summed E-state index contributed by atoms with van der Waals surface area (Å²) in [4.78, 5) is 1.43. The Bertz CT molecular complexity index is 1010. The van der Waals surface area contributed by atoms with Gasteiger partial charge < -0.3 is 0 Å². The molecule has 5 saturated carbocycles. The normalized spacial score (nSPS) is 45.5. The topological polar surface area (TPSA) is 0 Å². The van der Waals surface area contributed by atoms with Gasteiger partial charge in [0.2, 0.25) is 0 Å². The number of rotatable bonds is 5. The summed E-state index contributed by atoms with van der Waals surface area (Å²) in [6.45, 7) is 17.7. The molecular formula is C39H62S. The maximum atomic E-state index is 5.56. The fourth-order valence-corrected chi connectivity index (χ4v) is 12.8. The van der Waals surface area contributed by atoms with Crippen LogP contribution in [0, 0.1) is 65.1 Å². The lowest BCUT2D eigenvalue weighted by Gasteiger charge is -2.49. The first kappa shape index (κ1) is 29.6. The van der Waals surface area contributed by atoms with E-state index in [1.54, 1.807) is 16.7 Å². The lowest BCUT2D eigenvalue weighted by Crippen LogP contribution is -2.37. The van der Waals surface area contributed by atoms with Crippen LogP contribution in [0.1, 0.15) is 160 Å². The first-order chi connectivity index (χ1) is 19.0. The van der Waals surface area contributed by atoms with Crippen molar-refractivity contribution in [2.45, 2.75) is 148 Å². The Labute approximate surface area is 254 Å². The lowest BCUT2D eigenvalue weighted by atomic mass is 9.57. The van der Waals surface area contributed by atoms with Crippen molar-refractivity contribution in [3.63, 3.8) is 0 Å². The van der Waals surface area contributed by atoms with E-state index in [9.17, 15) is 0 Å². The van der Waals surface area contributed by atoms with Crippen LogP contribution in [0.3, 0.4) is 0 Å². The van der Waals surface area contributed by atoms with Gasteiger partial charge in [-0.25, -0.2) is 0 Å². The van der Waals surface area contributed by atoms with Gasteiger partial charge in [0, 0.05) is 4.90 Å². The minimum absolute atomic E-state index is 0.701. The molecule has 0 heterocycles. The number of hydrogen-bond donors (Lipinski definition) is 1. The third-order valence-electron chi connectivity index (χ3n) is 13.0. The van der Waals surface area contributed by atoms with Crippen molar-refractivity contribution in [1.82, 2.24) is 0 Å². The van der Waals surface area contributed by atoms with E-state index in [2.05, 4.69) is 60.6 Å². The molecule has 1 heteroatoms. The van der Waals surface area contributed by atoms with Crippen molar-refractivity contribution in [1.29, 1.82) is 0 Å². The molecule has 0 amide bonds. The van der Waals surface area contributed by atoms with E-state index in [0.29, 0.717) is 5.92 Å². The average Bonchev–Trinajstić information content (AvgIpc) is 2.83. The van der Waals surface area contributed by atoms with Crippen LogP contribution in [0.25, 0.3) is 0 Å². The Kier molecular flexibility index (Phi) is 8.83. The summed E-state index contributed by atoms with van der Waals surface area (Å²) in [6.07, 6.45) is 17.3. The van der Waals surface area contributed by atoms with E-state index in [1.807, 2.05) is 0 Å². The van der Waals surface area contributed by atoms with Gasteiger partial charge in [-0.05, 0) is 177 Å². The summed E-state index contributed by atoms with van der Waals surface area (Å²) in [5.41, 5.74) is 5.11. The minimum Gasteiger partial charge on any atom is -0.143 e. The second-order valence-electron chi connectivity index (χ2n) is 17.4. The molecule has 0 saturated heterocycles. The van der Waals surface area contributed by atoms with Crippen molar-refractivity contribution < 1.29 is 0 Å². The van der Waals surface area contributed by atoms with Gasteiger partial charge in [-0.3, -0.25) is 0 Å². The Morgan fingerprint density at radius 2 is 1.18 bits per heavy atom. The molecule has 0 aromatic heterocycles. The van der Waals surface area contributed by atoms with Gasteiger partial charge in [-0.1, -0.05) is 60.6 Å². The van der Waals surface area contributed by atoms with Gasteiger partial charge in [0.05, 0.1) is 0 Å². The standard InChI is InChI=1S/C39H62S/c1-22(2)8-28-9-23(3)12-31(17-28)35-20-34(37-26(6)15-29-10-24(4)13-32(37)18-29)21-36(39(35)40)38-27(7)16-30-11-25(5)14-33(38)19-30/h20-33,37-38,40H,8-19H2,1-7H3. The fourth-order valence-electron chi connectivity index (χ4n) is 12.3. The van der Waals surface area contributed by atoms with Gasteiger partial charge in [0.25, 0.3) is 0 Å². The van der Waals surface area contributed by atoms with E-state index in [4.69, 9.17) is 12.6 Å². The maximum Gasteiger partial charge on any atom is 0.0110 e. The molecular weight excluding hydrogens is 500 g/mol.